The highest BCUT2D eigenvalue weighted by Crippen LogP contribution is 2.57. The highest BCUT2D eigenvalue weighted by atomic mass is 16.7. The molecule has 3 heterocycles. The summed E-state index contributed by atoms with van der Waals surface area (Å²) in [5, 5.41) is 40.3. The monoisotopic (exact) mass is 783 g/mol. The van der Waals surface area contributed by atoms with Crippen LogP contribution in [0, 0.1) is 17.8 Å². The Morgan fingerprint density at radius 1 is 0.582 bits per heavy atom. The molecular weight excluding hydrogens is 704 g/mol. The molecule has 0 aromatic carbocycles. The minimum Gasteiger partial charge on any atom is -0.480 e. The molecule has 1 atom stereocenters. The van der Waals surface area contributed by atoms with Crippen LogP contribution in [0.15, 0.2) is 0 Å². The fourth-order valence-electron chi connectivity index (χ4n) is 11.8. The molecule has 0 aliphatic carbocycles. The molecule has 3 saturated heterocycles. The molecule has 13 heteroatoms. The van der Waals surface area contributed by atoms with Crippen molar-refractivity contribution in [3.8, 4) is 0 Å². The third kappa shape index (κ3) is 9.71. The van der Waals surface area contributed by atoms with E-state index < -0.39 is 87.0 Å². The zero-order chi connectivity index (χ0) is 42.2. The number of hydroxylamine groups is 6. The van der Waals surface area contributed by atoms with E-state index in [1.165, 1.54) is 4.90 Å². The van der Waals surface area contributed by atoms with Crippen molar-refractivity contribution in [1.82, 2.24) is 20.1 Å². The van der Waals surface area contributed by atoms with Crippen molar-refractivity contribution >= 4 is 17.9 Å². The lowest BCUT2D eigenvalue weighted by Crippen LogP contribution is -2.76. The Morgan fingerprint density at radius 2 is 0.873 bits per heavy atom. The topological polar surface area (TPSA) is 153 Å². The maximum absolute atomic E-state index is 14.9. The first-order valence-electron chi connectivity index (χ1n) is 20.8. The number of carbonyl (C=O) groups is 3. The maximum atomic E-state index is 14.9. The van der Waals surface area contributed by atoms with Crippen LogP contribution >= 0.6 is 0 Å². The largest absolute Gasteiger partial charge is 0.480 e. The molecule has 1 unspecified atom stereocenters. The van der Waals surface area contributed by atoms with Crippen LogP contribution < -0.4 is 0 Å². The third-order valence-electron chi connectivity index (χ3n) is 12.5. The van der Waals surface area contributed by atoms with Crippen LogP contribution in [0.3, 0.4) is 0 Å². The summed E-state index contributed by atoms with van der Waals surface area (Å²) in [6, 6.07) is -1.42. The number of aliphatic carboxylic acids is 3. The minimum absolute atomic E-state index is 0.350. The maximum Gasteiger partial charge on any atom is 0.324 e. The molecule has 0 bridgehead atoms. The lowest BCUT2D eigenvalue weighted by molar-refractivity contribution is -0.309. The van der Waals surface area contributed by atoms with Crippen LogP contribution in [0.1, 0.15) is 162 Å². The predicted molar refractivity (Wildman–Crippen MR) is 213 cm³/mol. The van der Waals surface area contributed by atoms with Gasteiger partial charge in [-0.15, -0.1) is 0 Å². The highest BCUT2D eigenvalue weighted by Gasteiger charge is 2.67. The van der Waals surface area contributed by atoms with Crippen LogP contribution in [0.4, 0.5) is 0 Å². The van der Waals surface area contributed by atoms with Gasteiger partial charge < -0.3 is 15.3 Å². The Balaban J connectivity index is 2.42. The molecule has 0 radical (unpaired) electrons. The molecule has 3 N–H and O–H groups in total. The van der Waals surface area contributed by atoms with Crippen LogP contribution in [0.5, 0.6) is 0 Å². The van der Waals surface area contributed by atoms with Gasteiger partial charge >= 0.3 is 17.9 Å². The van der Waals surface area contributed by atoms with Crippen LogP contribution in [0.2, 0.25) is 0 Å². The van der Waals surface area contributed by atoms with Crippen molar-refractivity contribution in [1.29, 1.82) is 0 Å². The average Bonchev–Trinajstić information content (AvgIpc) is 2.97. The molecule has 3 rings (SSSR count). The molecule has 13 nitrogen and oxygen atoms in total. The molecule has 0 aromatic heterocycles. The number of carboxylic acids is 3. The Morgan fingerprint density at radius 3 is 1.11 bits per heavy atom. The van der Waals surface area contributed by atoms with E-state index >= 15 is 0 Å². The van der Waals surface area contributed by atoms with Gasteiger partial charge in [0.05, 0.1) is 26.4 Å². The SMILES string of the molecule is CCCON1C(C)(C)CC(C(C(=O)O)N(CC(=O)O)C(C(=O)O)(C2CC(C)(C)N(OCCC)C(C)(C)C2)C2CC(C)(C)N(OCCC)C(C)(C)C2)CC1(C)C. The lowest BCUT2D eigenvalue weighted by Gasteiger charge is -2.64. The van der Waals surface area contributed by atoms with Gasteiger partial charge in [0.15, 0.2) is 0 Å². The number of nitrogens with zero attached hydrogens (tertiary/aromatic N) is 4. The number of piperidine rings is 3. The smallest absolute Gasteiger partial charge is 0.324 e. The van der Waals surface area contributed by atoms with Crippen molar-refractivity contribution in [2.24, 2.45) is 17.8 Å². The summed E-state index contributed by atoms with van der Waals surface area (Å²) in [4.78, 5) is 62.7. The molecule has 3 fully saturated rings. The fourth-order valence-corrected chi connectivity index (χ4v) is 11.8. The van der Waals surface area contributed by atoms with Crippen LogP contribution in [-0.4, -0.2) is 124 Å². The van der Waals surface area contributed by atoms with Crippen molar-refractivity contribution in [3.05, 3.63) is 0 Å². The summed E-state index contributed by atoms with van der Waals surface area (Å²) in [6.45, 7) is 31.4. The van der Waals surface area contributed by atoms with Gasteiger partial charge in [-0.25, -0.2) is 0 Å². The Kier molecular flexibility index (Phi) is 14.8. The standard InChI is InChI=1S/C42H78N4O9/c1-16-19-53-44-36(4,5)22-29(23-37(44,6)7)33(34(49)50)43(28-32(47)48)42(35(51)52,30-24-38(8,9)45(54-20-17-2)39(10,11)25-30)31-26-40(12,13)46(55-21-18-3)41(14,15)27-31/h29-31,33H,16-28H2,1-15H3,(H,47,48)(H,49,50)(H,51,52). The van der Waals surface area contributed by atoms with Crippen LogP contribution in [-0.2, 0) is 28.9 Å². The van der Waals surface area contributed by atoms with E-state index in [1.807, 2.05) is 119 Å². The molecule has 0 aromatic rings. The van der Waals surface area contributed by atoms with E-state index in [0.29, 0.717) is 58.3 Å². The average molecular weight is 783 g/mol. The van der Waals surface area contributed by atoms with Crippen molar-refractivity contribution < 1.29 is 44.2 Å². The molecule has 3 aliphatic heterocycles. The number of hydrogen-bond donors (Lipinski definition) is 3. The van der Waals surface area contributed by atoms with Crippen molar-refractivity contribution in [2.75, 3.05) is 26.4 Å². The van der Waals surface area contributed by atoms with Gasteiger partial charge in [0, 0.05) is 33.2 Å². The van der Waals surface area contributed by atoms with Gasteiger partial charge in [-0.2, -0.15) is 15.2 Å². The zero-order valence-electron chi connectivity index (χ0n) is 37.1. The number of hydrogen-bond acceptors (Lipinski definition) is 10. The normalized spacial score (nSPS) is 25.5. The molecular formula is C42H78N4O9. The Hall–Kier alpha value is -1.87. The second-order valence-corrected chi connectivity index (χ2v) is 20.6. The van der Waals surface area contributed by atoms with Gasteiger partial charge in [-0.1, -0.05) is 20.8 Å². The van der Waals surface area contributed by atoms with Gasteiger partial charge in [-0.05, 0) is 159 Å². The first-order chi connectivity index (χ1) is 25.1. The second-order valence-electron chi connectivity index (χ2n) is 20.6. The first-order valence-corrected chi connectivity index (χ1v) is 20.8. The van der Waals surface area contributed by atoms with Crippen molar-refractivity contribution in [2.45, 2.75) is 206 Å². The van der Waals surface area contributed by atoms with E-state index in [2.05, 4.69) is 0 Å². The van der Waals surface area contributed by atoms with Gasteiger partial charge in [0.2, 0.25) is 0 Å². The third-order valence-corrected chi connectivity index (χ3v) is 12.5. The Bertz CT molecular complexity index is 1240. The van der Waals surface area contributed by atoms with Gasteiger partial charge in [0.1, 0.15) is 11.6 Å². The van der Waals surface area contributed by atoms with Crippen LogP contribution in [0.25, 0.3) is 0 Å². The highest BCUT2D eigenvalue weighted by molar-refractivity contribution is 5.84. The van der Waals surface area contributed by atoms with Gasteiger partial charge in [-0.3, -0.25) is 33.8 Å². The predicted octanol–water partition coefficient (Wildman–Crippen LogP) is 7.48. The zero-order valence-corrected chi connectivity index (χ0v) is 37.1. The number of carboxylic acid groups (broad SMARTS) is 3. The summed E-state index contributed by atoms with van der Waals surface area (Å²) >= 11 is 0. The van der Waals surface area contributed by atoms with E-state index in [1.54, 1.807) is 0 Å². The molecule has 0 saturated carbocycles. The minimum atomic E-state index is -1.90. The van der Waals surface area contributed by atoms with E-state index in [4.69, 9.17) is 14.5 Å². The summed E-state index contributed by atoms with van der Waals surface area (Å²) < 4.78 is 0. The van der Waals surface area contributed by atoms with E-state index in [-0.39, 0.29) is 0 Å². The molecule has 320 valence electrons. The lowest BCUT2D eigenvalue weighted by atomic mass is 9.56. The summed E-state index contributed by atoms with van der Waals surface area (Å²) in [5.41, 5.74) is -5.84. The van der Waals surface area contributed by atoms with E-state index in [9.17, 15) is 29.7 Å². The summed E-state index contributed by atoms with van der Waals surface area (Å²) in [6.07, 6.45) is 4.54. The molecule has 0 spiro atoms. The Labute approximate surface area is 332 Å². The quantitative estimate of drug-likeness (QED) is 0.126. The van der Waals surface area contributed by atoms with Crippen molar-refractivity contribution in [3.63, 3.8) is 0 Å². The second kappa shape index (κ2) is 17.2. The van der Waals surface area contributed by atoms with E-state index in [0.717, 1.165) is 19.3 Å². The van der Waals surface area contributed by atoms with Gasteiger partial charge in [0.25, 0.3) is 0 Å². The summed E-state index contributed by atoms with van der Waals surface area (Å²) in [7, 11) is 0. The molecule has 55 heavy (non-hydrogen) atoms. The molecule has 0 amide bonds. The number of rotatable bonds is 18. The fraction of sp³-hybridized carbons (Fsp3) is 0.929. The molecule has 3 aliphatic rings. The first kappa shape index (κ1) is 47.5. The summed E-state index contributed by atoms with van der Waals surface area (Å²) in [5.74, 6) is -5.54.